The molecule has 4 heterocycles. The molecule has 4 heteroatoms. The third-order valence-corrected chi connectivity index (χ3v) is 11.8. The van der Waals surface area contributed by atoms with Gasteiger partial charge in [0.25, 0.3) is 0 Å². The first-order chi connectivity index (χ1) is 28.7. The highest BCUT2D eigenvalue weighted by atomic mass is 16.5. The van der Waals surface area contributed by atoms with E-state index in [1.807, 2.05) is 12.1 Å². The Bertz CT molecular complexity index is 3450. The van der Waals surface area contributed by atoms with Crippen LogP contribution in [-0.4, -0.2) is 9.13 Å². The van der Waals surface area contributed by atoms with E-state index in [1.54, 1.807) is 6.26 Å². The molecule has 0 aliphatic carbocycles. The first kappa shape index (κ1) is 32.4. The Balaban J connectivity index is 0.884. The lowest BCUT2D eigenvalue weighted by molar-refractivity contribution is 0.480. The molecule has 0 radical (unpaired) electrons. The van der Waals surface area contributed by atoms with Gasteiger partial charge < -0.3 is 18.3 Å². The van der Waals surface area contributed by atoms with Gasteiger partial charge in [-0.2, -0.15) is 0 Å². The Morgan fingerprint density at radius 3 is 1.50 bits per heavy atom. The Morgan fingerprint density at radius 2 is 0.897 bits per heavy atom. The van der Waals surface area contributed by atoms with Gasteiger partial charge in [0.15, 0.2) is 0 Å². The summed E-state index contributed by atoms with van der Waals surface area (Å²) in [5.41, 5.74) is 14.9. The molecule has 0 saturated heterocycles. The molecule has 58 heavy (non-hydrogen) atoms. The number of benzene rings is 8. The fourth-order valence-electron chi connectivity index (χ4n) is 9.03. The first-order valence-electron chi connectivity index (χ1n) is 19.6. The summed E-state index contributed by atoms with van der Waals surface area (Å²) in [6.07, 6.45) is 5.94. The minimum absolute atomic E-state index is 0.778. The third-order valence-electron chi connectivity index (χ3n) is 11.8. The number of para-hydroxylation sites is 4. The van der Waals surface area contributed by atoms with E-state index in [0.29, 0.717) is 0 Å². The molecule has 1 aliphatic rings. The molecule has 3 aromatic heterocycles. The average molecular weight is 743 g/mol. The maximum absolute atomic E-state index is 6.37. The van der Waals surface area contributed by atoms with Crippen molar-refractivity contribution in [3.05, 3.63) is 212 Å². The molecule has 12 rings (SSSR count). The summed E-state index contributed by atoms with van der Waals surface area (Å²) < 4.78 is 17.3. The number of fused-ring (bicyclic) bond motifs is 10. The van der Waals surface area contributed by atoms with Gasteiger partial charge in [0.2, 0.25) is 0 Å². The third kappa shape index (κ3) is 4.95. The summed E-state index contributed by atoms with van der Waals surface area (Å²) in [6.45, 7) is 4.54. The number of hydrogen-bond acceptors (Lipinski definition) is 2. The lowest BCUT2D eigenvalue weighted by atomic mass is 9.96. The zero-order chi connectivity index (χ0) is 38.3. The second-order valence-corrected chi connectivity index (χ2v) is 15.0. The minimum Gasteiger partial charge on any atom is -0.464 e. The van der Waals surface area contributed by atoms with Crippen molar-refractivity contribution in [3.8, 4) is 28.3 Å². The van der Waals surface area contributed by atoms with Crippen LogP contribution in [0.2, 0.25) is 0 Å². The van der Waals surface area contributed by atoms with Crippen LogP contribution in [0.15, 0.2) is 205 Å². The van der Waals surface area contributed by atoms with Crippen molar-refractivity contribution >= 4 is 76.7 Å². The second-order valence-electron chi connectivity index (χ2n) is 15.0. The first-order valence-corrected chi connectivity index (χ1v) is 19.6. The SMILES string of the molecule is C=C1/C=C(/c2ccc(-c3ccc4oc5ccc(-n6c7ccccc7c7ccccc76)cc5c4c3)cc2)C=COc2ccc(-n3c4ccccc4c4ccccc43)cc21. The standard InChI is InChI=1S/C54H34N2O2/c1-34-30-38(28-29-57-52-26-23-39(32-45(34)52)55-48-14-6-2-10-41(48)42-11-3-7-15-49(42)55)36-20-18-35(19-21-36)37-22-25-53-46(31-37)47-33-40(24-27-54(47)58-53)56-50-16-8-4-12-43(50)44-13-5-9-17-51(44)56/h2-33H,1H2/b29-28?,38-30+. The second kappa shape index (κ2) is 12.6. The summed E-state index contributed by atoms with van der Waals surface area (Å²) in [5, 5.41) is 7.15. The summed E-state index contributed by atoms with van der Waals surface area (Å²) >= 11 is 0. The molecule has 0 atom stereocenters. The number of nitrogens with zero attached hydrogens (tertiary/aromatic N) is 2. The van der Waals surface area contributed by atoms with E-state index in [9.17, 15) is 0 Å². The predicted molar refractivity (Wildman–Crippen MR) is 241 cm³/mol. The molecular weight excluding hydrogens is 709 g/mol. The number of hydrogen-bond donors (Lipinski definition) is 0. The fraction of sp³-hybridized carbons (Fsp3) is 0. The lowest BCUT2D eigenvalue weighted by Gasteiger charge is -2.16. The van der Waals surface area contributed by atoms with Gasteiger partial charge in [0.1, 0.15) is 16.9 Å². The van der Waals surface area contributed by atoms with Gasteiger partial charge in [-0.05, 0) is 113 Å². The van der Waals surface area contributed by atoms with Crippen LogP contribution < -0.4 is 4.74 Å². The van der Waals surface area contributed by atoms with Crippen LogP contribution in [-0.2, 0) is 0 Å². The van der Waals surface area contributed by atoms with Crippen LogP contribution in [0.4, 0.5) is 0 Å². The van der Waals surface area contributed by atoms with E-state index in [1.165, 1.54) is 43.6 Å². The molecule has 1 aliphatic heterocycles. The Labute approximate surface area is 334 Å². The minimum atomic E-state index is 0.778. The quantitative estimate of drug-likeness (QED) is 0.180. The van der Waals surface area contributed by atoms with E-state index >= 15 is 0 Å². The molecular formula is C54H34N2O2. The average Bonchev–Trinajstić information content (AvgIpc) is 3.93. The van der Waals surface area contributed by atoms with E-state index in [2.05, 4.69) is 192 Å². The molecule has 0 saturated carbocycles. The zero-order valence-electron chi connectivity index (χ0n) is 31.4. The molecule has 0 unspecified atom stereocenters. The molecule has 4 nitrogen and oxygen atoms in total. The Hall–Kier alpha value is -7.82. The maximum Gasteiger partial charge on any atom is 0.135 e. The lowest BCUT2D eigenvalue weighted by Crippen LogP contribution is -1.99. The number of allylic oxidation sites excluding steroid dienone is 4. The summed E-state index contributed by atoms with van der Waals surface area (Å²) in [6, 6.07) is 62.5. The number of furan rings is 1. The molecule has 0 N–H and O–H groups in total. The molecule has 0 bridgehead atoms. The van der Waals surface area contributed by atoms with Gasteiger partial charge in [-0.1, -0.05) is 110 Å². The number of ether oxygens (including phenoxy) is 1. The zero-order valence-corrected chi connectivity index (χ0v) is 31.4. The number of rotatable bonds is 4. The Kier molecular flexibility index (Phi) is 7.05. The molecule has 0 fully saturated rings. The fourth-order valence-corrected chi connectivity index (χ4v) is 9.03. The van der Waals surface area contributed by atoms with Crippen LogP contribution in [0.25, 0.3) is 99.2 Å². The predicted octanol–water partition coefficient (Wildman–Crippen LogP) is 14.5. The van der Waals surface area contributed by atoms with Gasteiger partial charge in [0, 0.05) is 49.3 Å². The normalized spacial score (nSPS) is 13.9. The smallest absolute Gasteiger partial charge is 0.135 e. The van der Waals surface area contributed by atoms with Crippen LogP contribution in [0.1, 0.15) is 11.1 Å². The van der Waals surface area contributed by atoms with E-state index < -0.39 is 0 Å². The summed E-state index contributed by atoms with van der Waals surface area (Å²) in [7, 11) is 0. The van der Waals surface area contributed by atoms with Crippen LogP contribution >= 0.6 is 0 Å². The van der Waals surface area contributed by atoms with Crippen molar-refractivity contribution in [2.24, 2.45) is 0 Å². The van der Waals surface area contributed by atoms with Crippen LogP contribution in [0, 0.1) is 0 Å². The summed E-state index contributed by atoms with van der Waals surface area (Å²) in [4.78, 5) is 0. The van der Waals surface area contributed by atoms with Crippen molar-refractivity contribution in [2.75, 3.05) is 0 Å². The van der Waals surface area contributed by atoms with Crippen LogP contribution in [0.3, 0.4) is 0 Å². The van der Waals surface area contributed by atoms with Crippen molar-refractivity contribution in [1.29, 1.82) is 0 Å². The van der Waals surface area contributed by atoms with E-state index in [0.717, 1.165) is 72.5 Å². The topological polar surface area (TPSA) is 32.2 Å². The van der Waals surface area contributed by atoms with Crippen LogP contribution in [0.5, 0.6) is 5.75 Å². The van der Waals surface area contributed by atoms with Gasteiger partial charge in [-0.3, -0.25) is 0 Å². The number of aromatic nitrogens is 2. The summed E-state index contributed by atoms with van der Waals surface area (Å²) in [5.74, 6) is 0.778. The molecule has 0 amide bonds. The monoisotopic (exact) mass is 742 g/mol. The van der Waals surface area contributed by atoms with Gasteiger partial charge >= 0.3 is 0 Å². The van der Waals surface area contributed by atoms with Gasteiger partial charge in [0.05, 0.1) is 28.3 Å². The molecule has 272 valence electrons. The molecule has 0 spiro atoms. The highest BCUT2D eigenvalue weighted by Gasteiger charge is 2.17. The maximum atomic E-state index is 6.37. The van der Waals surface area contributed by atoms with Crippen molar-refractivity contribution < 1.29 is 9.15 Å². The highest BCUT2D eigenvalue weighted by molar-refractivity contribution is 6.11. The van der Waals surface area contributed by atoms with E-state index in [-0.39, 0.29) is 0 Å². The molecule has 8 aromatic carbocycles. The van der Waals surface area contributed by atoms with Crippen molar-refractivity contribution in [3.63, 3.8) is 0 Å². The largest absolute Gasteiger partial charge is 0.464 e. The van der Waals surface area contributed by atoms with Crippen molar-refractivity contribution in [1.82, 2.24) is 9.13 Å². The van der Waals surface area contributed by atoms with Crippen molar-refractivity contribution in [2.45, 2.75) is 0 Å². The van der Waals surface area contributed by atoms with Gasteiger partial charge in [-0.15, -0.1) is 0 Å². The molecule has 11 aromatic rings. The highest BCUT2D eigenvalue weighted by Crippen LogP contribution is 2.39. The van der Waals surface area contributed by atoms with Gasteiger partial charge in [-0.25, -0.2) is 0 Å². The Morgan fingerprint density at radius 1 is 0.414 bits per heavy atom. The van der Waals surface area contributed by atoms with E-state index in [4.69, 9.17) is 9.15 Å².